The lowest BCUT2D eigenvalue weighted by Crippen LogP contribution is -2.06. The molecule has 0 spiro atoms. The van der Waals surface area contributed by atoms with Crippen LogP contribution in [0, 0.1) is 0 Å². The lowest BCUT2D eigenvalue weighted by atomic mass is 10.2. The van der Waals surface area contributed by atoms with Gasteiger partial charge in [0.25, 0.3) is 6.43 Å². The SMILES string of the molecule is COc1c(C(=O)O)ncc(O)c1C(F)F. The molecule has 5 nitrogen and oxygen atoms in total. The van der Waals surface area contributed by atoms with Crippen molar-refractivity contribution < 1.29 is 28.5 Å². The predicted molar refractivity (Wildman–Crippen MR) is 44.4 cm³/mol. The average molecular weight is 219 g/mol. The van der Waals surface area contributed by atoms with E-state index in [1.165, 1.54) is 0 Å². The summed E-state index contributed by atoms with van der Waals surface area (Å²) in [5, 5.41) is 17.7. The van der Waals surface area contributed by atoms with Crippen LogP contribution >= 0.6 is 0 Å². The minimum Gasteiger partial charge on any atom is -0.506 e. The van der Waals surface area contributed by atoms with Crippen molar-refractivity contribution in [3.05, 3.63) is 17.5 Å². The minimum atomic E-state index is -3.04. The number of carboxylic acid groups (broad SMARTS) is 1. The van der Waals surface area contributed by atoms with Crippen molar-refractivity contribution in [1.29, 1.82) is 0 Å². The summed E-state index contributed by atoms with van der Waals surface area (Å²) in [6, 6.07) is 0. The molecule has 1 heterocycles. The summed E-state index contributed by atoms with van der Waals surface area (Å²) in [5.41, 5.74) is -1.53. The van der Waals surface area contributed by atoms with Crippen molar-refractivity contribution in [2.24, 2.45) is 0 Å². The second-order valence-corrected chi connectivity index (χ2v) is 2.54. The van der Waals surface area contributed by atoms with Crippen molar-refractivity contribution in [1.82, 2.24) is 4.98 Å². The van der Waals surface area contributed by atoms with Crippen LogP contribution in [-0.2, 0) is 0 Å². The zero-order valence-corrected chi connectivity index (χ0v) is 7.57. The van der Waals surface area contributed by atoms with Crippen molar-refractivity contribution in [3.8, 4) is 11.5 Å². The van der Waals surface area contributed by atoms with Crippen LogP contribution in [0.3, 0.4) is 0 Å². The van der Waals surface area contributed by atoms with Crippen LogP contribution in [0.2, 0.25) is 0 Å². The molecule has 2 N–H and O–H groups in total. The molecule has 0 saturated carbocycles. The number of carbonyl (C=O) groups is 1. The van der Waals surface area contributed by atoms with Gasteiger partial charge in [0.2, 0.25) is 0 Å². The number of aromatic nitrogens is 1. The first-order valence-corrected chi connectivity index (χ1v) is 3.76. The van der Waals surface area contributed by atoms with Gasteiger partial charge in [0.15, 0.2) is 11.4 Å². The Bertz CT molecular complexity index is 394. The third kappa shape index (κ3) is 1.95. The molecule has 0 atom stereocenters. The average Bonchev–Trinajstić information content (AvgIpc) is 2.15. The zero-order valence-electron chi connectivity index (χ0n) is 7.57. The fourth-order valence-electron chi connectivity index (χ4n) is 1.07. The maximum atomic E-state index is 12.5. The van der Waals surface area contributed by atoms with Gasteiger partial charge >= 0.3 is 5.97 Å². The number of methoxy groups -OCH3 is 1. The van der Waals surface area contributed by atoms with Crippen molar-refractivity contribution >= 4 is 5.97 Å². The highest BCUT2D eigenvalue weighted by molar-refractivity contribution is 5.89. The van der Waals surface area contributed by atoms with Crippen LogP contribution in [0.5, 0.6) is 11.5 Å². The van der Waals surface area contributed by atoms with Crippen LogP contribution < -0.4 is 4.74 Å². The normalized spacial score (nSPS) is 10.4. The van der Waals surface area contributed by atoms with Gasteiger partial charge in [-0.25, -0.2) is 18.6 Å². The van der Waals surface area contributed by atoms with Crippen LogP contribution in [-0.4, -0.2) is 28.3 Å². The lowest BCUT2D eigenvalue weighted by molar-refractivity contribution is 0.0685. The molecule has 7 heteroatoms. The van der Waals surface area contributed by atoms with Gasteiger partial charge in [0.1, 0.15) is 11.3 Å². The minimum absolute atomic E-state index is 0.627. The number of aromatic hydroxyl groups is 1. The van der Waals surface area contributed by atoms with Crippen LogP contribution in [0.1, 0.15) is 22.5 Å². The first-order chi connectivity index (χ1) is 6.99. The lowest BCUT2D eigenvalue weighted by Gasteiger charge is -2.10. The van der Waals surface area contributed by atoms with Crippen molar-refractivity contribution in [2.45, 2.75) is 6.43 Å². The number of rotatable bonds is 3. The van der Waals surface area contributed by atoms with E-state index in [0.717, 1.165) is 7.11 Å². The molecule has 1 aromatic rings. The Balaban J connectivity index is 3.47. The number of hydrogen-bond acceptors (Lipinski definition) is 4. The fraction of sp³-hybridized carbons (Fsp3) is 0.250. The summed E-state index contributed by atoms with van der Waals surface area (Å²) in [6.07, 6.45) is -2.39. The highest BCUT2D eigenvalue weighted by atomic mass is 19.3. The van der Waals surface area contributed by atoms with E-state index in [9.17, 15) is 13.6 Å². The molecule has 0 fully saturated rings. The maximum absolute atomic E-state index is 12.5. The summed E-state index contributed by atoms with van der Waals surface area (Å²) < 4.78 is 29.4. The maximum Gasteiger partial charge on any atom is 0.358 e. The number of halogens is 2. The summed E-state index contributed by atoms with van der Waals surface area (Å²) >= 11 is 0. The zero-order chi connectivity index (χ0) is 11.6. The van der Waals surface area contributed by atoms with E-state index in [0.29, 0.717) is 6.20 Å². The Morgan fingerprint density at radius 1 is 1.60 bits per heavy atom. The second-order valence-electron chi connectivity index (χ2n) is 2.54. The molecule has 0 amide bonds. The summed E-state index contributed by atoms with van der Waals surface area (Å²) in [4.78, 5) is 13.9. The van der Waals surface area contributed by atoms with E-state index in [1.807, 2.05) is 0 Å². The van der Waals surface area contributed by atoms with Gasteiger partial charge in [-0.1, -0.05) is 0 Å². The number of ether oxygens (including phenoxy) is 1. The van der Waals surface area contributed by atoms with Gasteiger partial charge in [-0.3, -0.25) is 0 Å². The smallest absolute Gasteiger partial charge is 0.358 e. The topological polar surface area (TPSA) is 79.7 Å². The Labute approximate surface area is 82.9 Å². The molecule has 82 valence electrons. The number of hydrogen-bond donors (Lipinski definition) is 2. The van der Waals surface area contributed by atoms with Crippen LogP contribution in [0.15, 0.2) is 6.20 Å². The highest BCUT2D eigenvalue weighted by Crippen LogP contribution is 2.37. The van der Waals surface area contributed by atoms with Gasteiger partial charge in [0, 0.05) is 0 Å². The third-order valence-corrected chi connectivity index (χ3v) is 1.68. The first kappa shape index (κ1) is 11.2. The largest absolute Gasteiger partial charge is 0.506 e. The molecular weight excluding hydrogens is 212 g/mol. The van der Waals surface area contributed by atoms with Crippen molar-refractivity contribution in [2.75, 3.05) is 7.11 Å². The molecular formula is C8H7F2NO4. The summed E-state index contributed by atoms with van der Waals surface area (Å²) in [5.74, 6) is -2.93. The molecule has 15 heavy (non-hydrogen) atoms. The van der Waals surface area contributed by atoms with E-state index >= 15 is 0 Å². The molecule has 1 rings (SSSR count). The number of nitrogens with zero attached hydrogens (tertiary/aromatic N) is 1. The molecule has 0 bridgehead atoms. The highest BCUT2D eigenvalue weighted by Gasteiger charge is 2.25. The first-order valence-electron chi connectivity index (χ1n) is 3.76. The molecule has 0 radical (unpaired) electrons. The van der Waals surface area contributed by atoms with Crippen LogP contribution in [0.25, 0.3) is 0 Å². The molecule has 0 saturated heterocycles. The van der Waals surface area contributed by atoms with E-state index in [2.05, 4.69) is 9.72 Å². The number of alkyl halides is 2. The molecule has 0 aromatic carbocycles. The van der Waals surface area contributed by atoms with Gasteiger partial charge in [-0.2, -0.15) is 0 Å². The number of pyridine rings is 1. The second kappa shape index (κ2) is 4.07. The molecule has 0 aliphatic carbocycles. The summed E-state index contributed by atoms with van der Waals surface area (Å²) in [7, 11) is 1.02. The molecule has 0 aliphatic rings. The number of aromatic carboxylic acids is 1. The quantitative estimate of drug-likeness (QED) is 0.803. The van der Waals surface area contributed by atoms with E-state index in [4.69, 9.17) is 10.2 Å². The number of carboxylic acids is 1. The monoisotopic (exact) mass is 219 g/mol. The Morgan fingerprint density at radius 2 is 2.20 bits per heavy atom. The predicted octanol–water partition coefficient (Wildman–Crippen LogP) is 1.43. The van der Waals surface area contributed by atoms with Gasteiger partial charge in [0.05, 0.1) is 13.3 Å². The molecule has 0 aliphatic heterocycles. The van der Waals surface area contributed by atoms with Gasteiger partial charge in [-0.15, -0.1) is 0 Å². The van der Waals surface area contributed by atoms with E-state index < -0.39 is 35.2 Å². The summed E-state index contributed by atoms with van der Waals surface area (Å²) in [6.45, 7) is 0. The fourth-order valence-corrected chi connectivity index (χ4v) is 1.07. The van der Waals surface area contributed by atoms with E-state index in [1.54, 1.807) is 0 Å². The van der Waals surface area contributed by atoms with Crippen molar-refractivity contribution in [3.63, 3.8) is 0 Å². The Morgan fingerprint density at radius 3 is 2.60 bits per heavy atom. The van der Waals surface area contributed by atoms with E-state index in [-0.39, 0.29) is 0 Å². The van der Waals surface area contributed by atoms with Gasteiger partial charge in [-0.05, 0) is 0 Å². The van der Waals surface area contributed by atoms with Gasteiger partial charge < -0.3 is 14.9 Å². The Hall–Kier alpha value is -1.92. The third-order valence-electron chi connectivity index (χ3n) is 1.68. The Kier molecular flexibility index (Phi) is 3.03. The molecule has 1 aromatic heterocycles. The molecule has 0 unspecified atom stereocenters. The standard InChI is InChI=1S/C8H7F2NO4/c1-15-6-4(7(9)10)3(12)2-11-5(6)8(13)14/h2,7,12H,1H3,(H,13,14). The van der Waals surface area contributed by atoms with Crippen LogP contribution in [0.4, 0.5) is 8.78 Å².